The molecule has 1 aliphatic heterocycles. The van der Waals surface area contributed by atoms with Gasteiger partial charge in [0.25, 0.3) is 0 Å². The Bertz CT molecular complexity index is 391. The Labute approximate surface area is 103 Å². The average molecular weight is 285 g/mol. The number of anilines is 1. The predicted molar refractivity (Wildman–Crippen MR) is 64.3 cm³/mol. The van der Waals surface area contributed by atoms with Gasteiger partial charge in [-0.2, -0.15) is 0 Å². The highest BCUT2D eigenvalue weighted by Crippen LogP contribution is 2.27. The molecule has 4 nitrogen and oxygen atoms in total. The Kier molecular flexibility index (Phi) is 3.43. The van der Waals surface area contributed by atoms with E-state index in [1.54, 1.807) is 6.20 Å². The molecular formula is C11H13BrN2O2. The lowest BCUT2D eigenvalue weighted by Gasteiger charge is -2.40. The van der Waals surface area contributed by atoms with E-state index in [-0.39, 0.29) is 5.97 Å². The predicted octanol–water partition coefficient (Wildman–Crippen LogP) is 1.84. The smallest absolute Gasteiger partial charge is 0.305 e. The van der Waals surface area contributed by atoms with E-state index in [1.165, 1.54) is 7.11 Å². The van der Waals surface area contributed by atoms with Crippen molar-refractivity contribution in [3.63, 3.8) is 0 Å². The molecule has 0 unspecified atom stereocenters. The van der Waals surface area contributed by atoms with Gasteiger partial charge in [-0.3, -0.25) is 4.79 Å². The van der Waals surface area contributed by atoms with Crippen LogP contribution in [0.2, 0.25) is 0 Å². The summed E-state index contributed by atoms with van der Waals surface area (Å²) in [5, 5.41) is 0. The molecule has 2 rings (SSSR count). The van der Waals surface area contributed by atoms with E-state index in [4.69, 9.17) is 0 Å². The topological polar surface area (TPSA) is 42.4 Å². The zero-order valence-electron chi connectivity index (χ0n) is 9.02. The first-order valence-corrected chi connectivity index (χ1v) is 5.91. The Balaban J connectivity index is 1.86. The Morgan fingerprint density at radius 1 is 1.69 bits per heavy atom. The maximum atomic E-state index is 11.1. The van der Waals surface area contributed by atoms with Crippen LogP contribution in [0.15, 0.2) is 22.9 Å². The molecule has 1 fully saturated rings. The van der Waals surface area contributed by atoms with Gasteiger partial charge in [-0.05, 0) is 28.1 Å². The molecule has 1 aliphatic rings. The second-order valence-corrected chi connectivity index (χ2v) is 4.70. The lowest BCUT2D eigenvalue weighted by Crippen LogP contribution is -2.47. The standard InChI is InChI=1S/C11H13BrN2O2/c1-16-11(15)4-8-6-14(7-8)9-2-3-13-10(12)5-9/h2-3,5,8H,4,6-7H2,1H3. The van der Waals surface area contributed by atoms with Gasteiger partial charge in [0.05, 0.1) is 13.5 Å². The molecule has 0 bridgehead atoms. The summed E-state index contributed by atoms with van der Waals surface area (Å²) >= 11 is 3.34. The number of hydrogen-bond donors (Lipinski definition) is 0. The van der Waals surface area contributed by atoms with E-state index in [0.717, 1.165) is 23.4 Å². The molecule has 0 amide bonds. The van der Waals surface area contributed by atoms with Crippen molar-refractivity contribution in [2.24, 2.45) is 5.92 Å². The first kappa shape index (κ1) is 11.4. The SMILES string of the molecule is COC(=O)CC1CN(c2ccnc(Br)c2)C1. The highest BCUT2D eigenvalue weighted by Gasteiger charge is 2.29. The van der Waals surface area contributed by atoms with Crippen LogP contribution in [0.4, 0.5) is 5.69 Å². The van der Waals surface area contributed by atoms with Gasteiger partial charge in [-0.1, -0.05) is 0 Å². The molecular weight excluding hydrogens is 272 g/mol. The summed E-state index contributed by atoms with van der Waals surface area (Å²) in [5.74, 6) is 0.292. The van der Waals surface area contributed by atoms with Gasteiger partial charge >= 0.3 is 5.97 Å². The Morgan fingerprint density at radius 3 is 3.06 bits per heavy atom. The summed E-state index contributed by atoms with van der Waals surface area (Å²) in [6, 6.07) is 3.95. The second-order valence-electron chi connectivity index (χ2n) is 3.89. The van der Waals surface area contributed by atoms with Crippen LogP contribution in [0.5, 0.6) is 0 Å². The van der Waals surface area contributed by atoms with Crippen LogP contribution < -0.4 is 4.90 Å². The number of methoxy groups -OCH3 is 1. The summed E-state index contributed by atoms with van der Waals surface area (Å²) in [6.07, 6.45) is 2.28. The van der Waals surface area contributed by atoms with Crippen molar-refractivity contribution >= 4 is 27.6 Å². The van der Waals surface area contributed by atoms with Crippen LogP contribution >= 0.6 is 15.9 Å². The number of aromatic nitrogens is 1. The molecule has 2 heterocycles. The van der Waals surface area contributed by atoms with Crippen molar-refractivity contribution in [3.05, 3.63) is 22.9 Å². The number of nitrogens with zero attached hydrogens (tertiary/aromatic N) is 2. The van der Waals surface area contributed by atoms with Gasteiger partial charge in [0, 0.05) is 30.9 Å². The maximum absolute atomic E-state index is 11.1. The molecule has 0 atom stereocenters. The Morgan fingerprint density at radius 2 is 2.44 bits per heavy atom. The van der Waals surface area contributed by atoms with E-state index in [2.05, 4.69) is 30.6 Å². The third kappa shape index (κ3) is 2.52. The van der Waals surface area contributed by atoms with Crippen LogP contribution in [0.1, 0.15) is 6.42 Å². The number of carbonyl (C=O) groups is 1. The number of esters is 1. The summed E-state index contributed by atoms with van der Waals surface area (Å²) in [7, 11) is 1.43. The normalized spacial score (nSPS) is 15.8. The maximum Gasteiger partial charge on any atom is 0.305 e. The molecule has 0 radical (unpaired) electrons. The first-order valence-electron chi connectivity index (χ1n) is 5.12. The van der Waals surface area contributed by atoms with Gasteiger partial charge in [0.2, 0.25) is 0 Å². The third-order valence-corrected chi connectivity index (χ3v) is 3.15. The third-order valence-electron chi connectivity index (χ3n) is 2.72. The number of ether oxygens (including phenoxy) is 1. The summed E-state index contributed by atoms with van der Waals surface area (Å²) in [6.45, 7) is 1.82. The molecule has 0 N–H and O–H groups in total. The van der Waals surface area contributed by atoms with E-state index >= 15 is 0 Å². The second kappa shape index (κ2) is 4.82. The summed E-state index contributed by atoms with van der Waals surface area (Å²) in [4.78, 5) is 17.4. The van der Waals surface area contributed by atoms with E-state index < -0.39 is 0 Å². The van der Waals surface area contributed by atoms with Gasteiger partial charge in [0.1, 0.15) is 4.60 Å². The molecule has 16 heavy (non-hydrogen) atoms. The number of carbonyl (C=O) groups excluding carboxylic acids is 1. The van der Waals surface area contributed by atoms with Crippen molar-refractivity contribution < 1.29 is 9.53 Å². The Hall–Kier alpha value is -1.10. The molecule has 86 valence electrons. The average Bonchev–Trinajstić information content (AvgIpc) is 2.22. The molecule has 1 saturated heterocycles. The molecule has 1 aromatic rings. The van der Waals surface area contributed by atoms with Crippen molar-refractivity contribution in [3.8, 4) is 0 Å². The van der Waals surface area contributed by atoms with E-state index in [1.807, 2.05) is 12.1 Å². The van der Waals surface area contributed by atoms with E-state index in [0.29, 0.717) is 12.3 Å². The van der Waals surface area contributed by atoms with Crippen molar-refractivity contribution in [1.29, 1.82) is 0 Å². The van der Waals surface area contributed by atoms with Gasteiger partial charge in [-0.15, -0.1) is 0 Å². The highest BCUT2D eigenvalue weighted by molar-refractivity contribution is 9.10. The fourth-order valence-corrected chi connectivity index (χ4v) is 2.17. The zero-order chi connectivity index (χ0) is 11.5. The van der Waals surface area contributed by atoms with Crippen LogP contribution in [0.25, 0.3) is 0 Å². The minimum Gasteiger partial charge on any atom is -0.469 e. The largest absolute Gasteiger partial charge is 0.469 e. The number of halogens is 1. The van der Waals surface area contributed by atoms with Crippen LogP contribution in [-0.4, -0.2) is 31.2 Å². The molecule has 0 aromatic carbocycles. The zero-order valence-corrected chi connectivity index (χ0v) is 10.6. The first-order chi connectivity index (χ1) is 7.69. The molecule has 1 aromatic heterocycles. The van der Waals surface area contributed by atoms with Crippen molar-refractivity contribution in [2.45, 2.75) is 6.42 Å². The monoisotopic (exact) mass is 284 g/mol. The summed E-state index contributed by atoms with van der Waals surface area (Å²) < 4.78 is 5.48. The molecule has 0 spiro atoms. The highest BCUT2D eigenvalue weighted by atomic mass is 79.9. The minimum atomic E-state index is -0.124. The number of pyridine rings is 1. The van der Waals surface area contributed by atoms with Gasteiger partial charge < -0.3 is 9.64 Å². The van der Waals surface area contributed by atoms with Gasteiger partial charge in [0.15, 0.2) is 0 Å². The van der Waals surface area contributed by atoms with Crippen LogP contribution in [-0.2, 0) is 9.53 Å². The fraction of sp³-hybridized carbons (Fsp3) is 0.455. The van der Waals surface area contributed by atoms with Crippen LogP contribution in [0, 0.1) is 5.92 Å². The van der Waals surface area contributed by atoms with E-state index in [9.17, 15) is 4.79 Å². The van der Waals surface area contributed by atoms with Crippen molar-refractivity contribution in [2.75, 3.05) is 25.1 Å². The minimum absolute atomic E-state index is 0.124. The summed E-state index contributed by atoms with van der Waals surface area (Å²) in [5.41, 5.74) is 1.14. The lowest BCUT2D eigenvalue weighted by molar-refractivity contribution is -0.141. The van der Waals surface area contributed by atoms with Crippen LogP contribution in [0.3, 0.4) is 0 Å². The quantitative estimate of drug-likeness (QED) is 0.628. The van der Waals surface area contributed by atoms with Gasteiger partial charge in [-0.25, -0.2) is 4.98 Å². The molecule has 0 saturated carbocycles. The molecule has 5 heteroatoms. The number of hydrogen-bond acceptors (Lipinski definition) is 4. The lowest BCUT2D eigenvalue weighted by atomic mass is 9.96. The fourth-order valence-electron chi connectivity index (χ4n) is 1.82. The number of rotatable bonds is 3. The van der Waals surface area contributed by atoms with Crippen molar-refractivity contribution in [1.82, 2.24) is 4.98 Å². The molecule has 0 aliphatic carbocycles.